The molecule has 0 spiro atoms. The van der Waals surface area contributed by atoms with Gasteiger partial charge in [0.05, 0.1) is 11.3 Å². The average molecular weight is 310 g/mol. The van der Waals surface area contributed by atoms with Crippen LogP contribution in [0.15, 0.2) is 36.4 Å². The molecule has 0 fully saturated rings. The molecule has 2 heterocycles. The number of carbonyl (C=O) groups is 2. The number of rotatable bonds is 2. The zero-order valence-corrected chi connectivity index (χ0v) is 13.0. The molecular weight excluding hydrogens is 292 g/mol. The smallest absolute Gasteiger partial charge is 0.337 e. The molecule has 0 radical (unpaired) electrons. The topological polar surface area (TPSA) is 70.5 Å². The Labute approximate surface area is 134 Å². The summed E-state index contributed by atoms with van der Waals surface area (Å²) in [5.74, 6) is -1.18. The molecule has 0 saturated carbocycles. The zero-order chi connectivity index (χ0) is 16.4. The van der Waals surface area contributed by atoms with Gasteiger partial charge in [0, 0.05) is 13.1 Å². The number of hydrogen-bond donors (Lipinski definition) is 1. The fraction of sp³-hybridized carbons (Fsp3) is 0.278. The minimum atomic E-state index is -1.03. The highest BCUT2D eigenvalue weighted by Crippen LogP contribution is 2.20. The van der Waals surface area contributed by atoms with E-state index in [1.807, 2.05) is 18.2 Å². The number of fused-ring (bicyclic) bond motifs is 1. The molecule has 0 bridgehead atoms. The van der Waals surface area contributed by atoms with Crippen LogP contribution in [0.4, 0.5) is 0 Å². The van der Waals surface area contributed by atoms with Crippen LogP contribution in [-0.2, 0) is 13.0 Å². The van der Waals surface area contributed by atoms with Gasteiger partial charge in [-0.15, -0.1) is 0 Å². The third-order valence-electron chi connectivity index (χ3n) is 4.18. The third-order valence-corrected chi connectivity index (χ3v) is 4.18. The highest BCUT2D eigenvalue weighted by atomic mass is 16.4. The number of aromatic carboxylic acids is 1. The number of pyridine rings is 1. The predicted molar refractivity (Wildman–Crippen MR) is 85.4 cm³/mol. The molecule has 5 heteroatoms. The lowest BCUT2D eigenvalue weighted by atomic mass is 10.0. The molecule has 2 aromatic rings. The van der Waals surface area contributed by atoms with Crippen molar-refractivity contribution in [3.8, 4) is 0 Å². The van der Waals surface area contributed by atoms with Crippen LogP contribution < -0.4 is 0 Å². The maximum Gasteiger partial charge on any atom is 0.337 e. The second kappa shape index (κ2) is 6.20. The van der Waals surface area contributed by atoms with Gasteiger partial charge in [0.15, 0.2) is 0 Å². The number of nitrogens with zero attached hydrogens (tertiary/aromatic N) is 2. The molecular formula is C18H18N2O3. The van der Waals surface area contributed by atoms with Crippen LogP contribution in [0.3, 0.4) is 0 Å². The summed E-state index contributed by atoms with van der Waals surface area (Å²) in [7, 11) is 0. The monoisotopic (exact) mass is 310 g/mol. The van der Waals surface area contributed by atoms with Crippen LogP contribution in [-0.4, -0.2) is 33.4 Å². The van der Waals surface area contributed by atoms with Gasteiger partial charge in [-0.25, -0.2) is 9.78 Å². The van der Waals surface area contributed by atoms with Crippen molar-refractivity contribution in [1.82, 2.24) is 9.88 Å². The Bertz CT molecular complexity index is 771. The number of carboxylic acid groups (broad SMARTS) is 1. The third kappa shape index (κ3) is 3.08. The molecule has 0 unspecified atom stereocenters. The van der Waals surface area contributed by atoms with Crippen molar-refractivity contribution in [2.24, 2.45) is 0 Å². The number of aryl methyl sites for hydroxylation is 2. The van der Waals surface area contributed by atoms with Crippen LogP contribution in [0.1, 0.15) is 44.1 Å². The standard InChI is InChI=1S/C18H18N2O3/c1-12-15(18(22)23)8-9-16(19-12)17(21)20-10-4-7-13-5-2-3-6-14(13)11-20/h2-3,5-6,8-9H,4,7,10-11H2,1H3,(H,22,23). The Balaban J connectivity index is 1.86. The van der Waals surface area contributed by atoms with Gasteiger partial charge >= 0.3 is 5.97 Å². The normalized spacial score (nSPS) is 14.0. The zero-order valence-electron chi connectivity index (χ0n) is 13.0. The molecule has 118 valence electrons. The van der Waals surface area contributed by atoms with Crippen molar-refractivity contribution in [2.75, 3.05) is 6.54 Å². The number of amides is 1. The van der Waals surface area contributed by atoms with Gasteiger partial charge in [-0.3, -0.25) is 4.79 Å². The van der Waals surface area contributed by atoms with E-state index in [9.17, 15) is 9.59 Å². The lowest BCUT2D eigenvalue weighted by molar-refractivity contribution is 0.0690. The molecule has 1 N–H and O–H groups in total. The number of carbonyl (C=O) groups excluding carboxylic acids is 1. The second-order valence-electron chi connectivity index (χ2n) is 5.73. The first-order valence-electron chi connectivity index (χ1n) is 7.63. The molecule has 1 aromatic carbocycles. The molecule has 3 rings (SSSR count). The van der Waals surface area contributed by atoms with Crippen molar-refractivity contribution in [3.63, 3.8) is 0 Å². The van der Waals surface area contributed by atoms with Crippen LogP contribution in [0.5, 0.6) is 0 Å². The predicted octanol–water partition coefficient (Wildman–Crippen LogP) is 2.68. The van der Waals surface area contributed by atoms with Gasteiger partial charge in [-0.2, -0.15) is 0 Å². The van der Waals surface area contributed by atoms with E-state index in [0.29, 0.717) is 24.5 Å². The number of aromatic nitrogens is 1. The fourth-order valence-corrected chi connectivity index (χ4v) is 2.94. The number of benzene rings is 1. The molecule has 0 aliphatic carbocycles. The average Bonchev–Trinajstić information content (AvgIpc) is 2.76. The Morgan fingerprint density at radius 3 is 2.57 bits per heavy atom. The minimum Gasteiger partial charge on any atom is -0.478 e. The van der Waals surface area contributed by atoms with Gasteiger partial charge in [0.1, 0.15) is 5.69 Å². The van der Waals surface area contributed by atoms with Crippen LogP contribution in [0, 0.1) is 6.92 Å². The summed E-state index contributed by atoms with van der Waals surface area (Å²) in [6, 6.07) is 11.1. The Morgan fingerprint density at radius 2 is 1.87 bits per heavy atom. The first-order chi connectivity index (χ1) is 11.1. The minimum absolute atomic E-state index is 0.128. The molecule has 1 aliphatic heterocycles. The van der Waals surface area contributed by atoms with E-state index >= 15 is 0 Å². The maximum absolute atomic E-state index is 12.7. The van der Waals surface area contributed by atoms with Crippen molar-refractivity contribution >= 4 is 11.9 Å². The highest BCUT2D eigenvalue weighted by molar-refractivity contribution is 5.94. The number of hydrogen-bond acceptors (Lipinski definition) is 3. The van der Waals surface area contributed by atoms with E-state index in [4.69, 9.17) is 5.11 Å². The largest absolute Gasteiger partial charge is 0.478 e. The quantitative estimate of drug-likeness (QED) is 0.926. The van der Waals surface area contributed by atoms with E-state index < -0.39 is 5.97 Å². The van der Waals surface area contributed by atoms with Crippen LogP contribution in [0.2, 0.25) is 0 Å². The molecule has 1 aliphatic rings. The van der Waals surface area contributed by atoms with Gasteiger partial charge in [0.25, 0.3) is 5.91 Å². The van der Waals surface area contributed by atoms with Crippen LogP contribution in [0.25, 0.3) is 0 Å². The summed E-state index contributed by atoms with van der Waals surface area (Å²) < 4.78 is 0. The summed E-state index contributed by atoms with van der Waals surface area (Å²) in [5, 5.41) is 9.05. The Morgan fingerprint density at radius 1 is 1.13 bits per heavy atom. The van der Waals surface area contributed by atoms with Crippen molar-refractivity contribution in [2.45, 2.75) is 26.3 Å². The summed E-state index contributed by atoms with van der Waals surface area (Å²) >= 11 is 0. The van der Waals surface area contributed by atoms with E-state index in [1.165, 1.54) is 17.7 Å². The molecule has 23 heavy (non-hydrogen) atoms. The van der Waals surface area contributed by atoms with Gasteiger partial charge in [0.2, 0.25) is 0 Å². The van der Waals surface area contributed by atoms with Crippen LogP contribution >= 0.6 is 0 Å². The second-order valence-corrected chi connectivity index (χ2v) is 5.73. The summed E-state index contributed by atoms with van der Waals surface area (Å²) in [6.45, 7) is 2.85. The summed E-state index contributed by atoms with van der Waals surface area (Å²) in [4.78, 5) is 29.7. The number of carboxylic acids is 1. The first-order valence-corrected chi connectivity index (χ1v) is 7.63. The lowest BCUT2D eigenvalue weighted by Crippen LogP contribution is -2.31. The van der Waals surface area contributed by atoms with Gasteiger partial charge in [-0.05, 0) is 43.0 Å². The fourth-order valence-electron chi connectivity index (χ4n) is 2.94. The molecule has 0 saturated heterocycles. The highest BCUT2D eigenvalue weighted by Gasteiger charge is 2.22. The van der Waals surface area contributed by atoms with E-state index in [0.717, 1.165) is 18.4 Å². The molecule has 1 aromatic heterocycles. The molecule has 5 nitrogen and oxygen atoms in total. The Hall–Kier alpha value is -2.69. The first kappa shape index (κ1) is 15.2. The Kier molecular flexibility index (Phi) is 4.10. The summed E-state index contributed by atoms with van der Waals surface area (Å²) in [5.41, 5.74) is 3.23. The molecule has 1 amide bonds. The van der Waals surface area contributed by atoms with Crippen molar-refractivity contribution < 1.29 is 14.7 Å². The van der Waals surface area contributed by atoms with E-state index in [2.05, 4.69) is 11.1 Å². The maximum atomic E-state index is 12.7. The molecule has 0 atom stereocenters. The SMILES string of the molecule is Cc1nc(C(=O)N2CCCc3ccccc3C2)ccc1C(=O)O. The van der Waals surface area contributed by atoms with Crippen molar-refractivity contribution in [3.05, 3.63) is 64.5 Å². The van der Waals surface area contributed by atoms with Crippen molar-refractivity contribution in [1.29, 1.82) is 0 Å². The van der Waals surface area contributed by atoms with Gasteiger partial charge in [-0.1, -0.05) is 24.3 Å². The lowest BCUT2D eigenvalue weighted by Gasteiger charge is -2.20. The van der Waals surface area contributed by atoms with E-state index in [1.54, 1.807) is 11.8 Å². The summed E-state index contributed by atoms with van der Waals surface area (Å²) in [6.07, 6.45) is 1.87. The van der Waals surface area contributed by atoms with Gasteiger partial charge < -0.3 is 10.0 Å². The van der Waals surface area contributed by atoms with E-state index in [-0.39, 0.29) is 11.5 Å².